The molecule has 1 aromatic rings. The highest BCUT2D eigenvalue weighted by Crippen LogP contribution is 2.23. The van der Waals surface area contributed by atoms with Gasteiger partial charge in [0.1, 0.15) is 16.5 Å². The lowest BCUT2D eigenvalue weighted by Crippen LogP contribution is -2.21. The van der Waals surface area contributed by atoms with Gasteiger partial charge in [-0.25, -0.2) is 9.97 Å². The maximum atomic E-state index is 5.48. The van der Waals surface area contributed by atoms with Gasteiger partial charge in [-0.1, -0.05) is 25.6 Å². The molecule has 1 atom stereocenters. The van der Waals surface area contributed by atoms with Crippen molar-refractivity contribution in [2.45, 2.75) is 19.8 Å². The number of thiocarbonyl (C=S) groups is 1. The van der Waals surface area contributed by atoms with E-state index in [-0.39, 0.29) is 0 Å². The SMILES string of the molecule is CCC1CCN(c2cnc(C(N)=S)cn2)C1. The summed E-state index contributed by atoms with van der Waals surface area (Å²) in [6.45, 7) is 4.38. The summed E-state index contributed by atoms with van der Waals surface area (Å²) < 4.78 is 0. The molecule has 0 aliphatic carbocycles. The lowest BCUT2D eigenvalue weighted by atomic mass is 10.1. The van der Waals surface area contributed by atoms with Crippen LogP contribution in [0, 0.1) is 5.92 Å². The van der Waals surface area contributed by atoms with E-state index in [0.29, 0.717) is 10.7 Å². The summed E-state index contributed by atoms with van der Waals surface area (Å²) in [5, 5.41) is 0. The van der Waals surface area contributed by atoms with Gasteiger partial charge < -0.3 is 10.6 Å². The first kappa shape index (κ1) is 11.3. The molecule has 1 aromatic heterocycles. The minimum atomic E-state index is 0.298. The van der Waals surface area contributed by atoms with Gasteiger partial charge in [-0.15, -0.1) is 0 Å². The van der Waals surface area contributed by atoms with Crippen LogP contribution in [0.15, 0.2) is 12.4 Å². The molecule has 2 heterocycles. The van der Waals surface area contributed by atoms with Crippen LogP contribution in [0.1, 0.15) is 25.5 Å². The van der Waals surface area contributed by atoms with Gasteiger partial charge in [-0.2, -0.15) is 0 Å². The molecule has 1 aliphatic rings. The Balaban J connectivity index is 2.08. The molecule has 0 bridgehead atoms. The predicted octanol–water partition coefficient (Wildman–Crippen LogP) is 1.35. The molecule has 2 N–H and O–H groups in total. The zero-order valence-corrected chi connectivity index (χ0v) is 10.2. The lowest BCUT2D eigenvalue weighted by molar-refractivity contribution is 0.568. The number of nitrogens with two attached hydrogens (primary N) is 1. The normalized spacial score (nSPS) is 20.1. The van der Waals surface area contributed by atoms with Crippen LogP contribution in [0.3, 0.4) is 0 Å². The highest BCUT2D eigenvalue weighted by Gasteiger charge is 2.22. The third kappa shape index (κ3) is 2.29. The average Bonchev–Trinajstić information content (AvgIpc) is 2.77. The van der Waals surface area contributed by atoms with E-state index in [4.69, 9.17) is 18.0 Å². The minimum Gasteiger partial charge on any atom is -0.388 e. The highest BCUT2D eigenvalue weighted by atomic mass is 32.1. The zero-order valence-electron chi connectivity index (χ0n) is 9.39. The van der Waals surface area contributed by atoms with Crippen molar-refractivity contribution in [2.24, 2.45) is 11.7 Å². The first-order chi connectivity index (χ1) is 7.70. The van der Waals surface area contributed by atoms with E-state index in [9.17, 15) is 0 Å². The predicted molar refractivity (Wildman–Crippen MR) is 68.5 cm³/mol. The lowest BCUT2D eigenvalue weighted by Gasteiger charge is -2.16. The number of nitrogens with zero attached hydrogens (tertiary/aromatic N) is 3. The highest BCUT2D eigenvalue weighted by molar-refractivity contribution is 7.80. The molecular weight excluding hydrogens is 220 g/mol. The van der Waals surface area contributed by atoms with Crippen molar-refractivity contribution in [3.63, 3.8) is 0 Å². The first-order valence-corrected chi connectivity index (χ1v) is 5.98. The Morgan fingerprint density at radius 3 is 2.88 bits per heavy atom. The Bertz CT molecular complexity index is 376. The molecule has 0 spiro atoms. The molecule has 4 nitrogen and oxygen atoms in total. The van der Waals surface area contributed by atoms with Crippen LogP contribution in [0.2, 0.25) is 0 Å². The monoisotopic (exact) mass is 236 g/mol. The van der Waals surface area contributed by atoms with Gasteiger partial charge in [0.25, 0.3) is 0 Å². The molecular formula is C11H16N4S. The summed E-state index contributed by atoms with van der Waals surface area (Å²) in [6, 6.07) is 0. The summed E-state index contributed by atoms with van der Waals surface area (Å²) >= 11 is 4.84. The number of hydrogen-bond acceptors (Lipinski definition) is 4. The van der Waals surface area contributed by atoms with E-state index in [0.717, 1.165) is 24.8 Å². The van der Waals surface area contributed by atoms with E-state index < -0.39 is 0 Å². The molecule has 1 aliphatic heterocycles. The maximum Gasteiger partial charge on any atom is 0.147 e. The van der Waals surface area contributed by atoms with Crippen molar-refractivity contribution >= 4 is 23.0 Å². The molecule has 1 fully saturated rings. The molecule has 0 aromatic carbocycles. The number of anilines is 1. The van der Waals surface area contributed by atoms with Gasteiger partial charge in [0.2, 0.25) is 0 Å². The van der Waals surface area contributed by atoms with Crippen LogP contribution >= 0.6 is 12.2 Å². The Kier molecular flexibility index (Phi) is 3.33. The fraction of sp³-hybridized carbons (Fsp3) is 0.545. The van der Waals surface area contributed by atoms with Gasteiger partial charge in [0, 0.05) is 13.1 Å². The average molecular weight is 236 g/mol. The summed E-state index contributed by atoms with van der Waals surface area (Å²) in [5.41, 5.74) is 6.06. The second-order valence-corrected chi connectivity index (χ2v) is 4.57. The fourth-order valence-electron chi connectivity index (χ4n) is 1.99. The van der Waals surface area contributed by atoms with Crippen molar-refractivity contribution in [3.05, 3.63) is 18.1 Å². The summed E-state index contributed by atoms with van der Waals surface area (Å²) in [7, 11) is 0. The smallest absolute Gasteiger partial charge is 0.147 e. The van der Waals surface area contributed by atoms with Crippen LogP contribution in [-0.4, -0.2) is 28.0 Å². The third-order valence-electron chi connectivity index (χ3n) is 3.08. The summed E-state index contributed by atoms with van der Waals surface area (Å²) in [4.78, 5) is 11.1. The van der Waals surface area contributed by atoms with Crippen molar-refractivity contribution in [3.8, 4) is 0 Å². The van der Waals surface area contributed by atoms with Crippen LogP contribution in [0.25, 0.3) is 0 Å². The molecule has 86 valence electrons. The van der Waals surface area contributed by atoms with Crippen molar-refractivity contribution in [2.75, 3.05) is 18.0 Å². The summed E-state index contributed by atoms with van der Waals surface area (Å²) in [6.07, 6.45) is 5.88. The number of hydrogen-bond donors (Lipinski definition) is 1. The van der Waals surface area contributed by atoms with Gasteiger partial charge in [-0.05, 0) is 12.3 Å². The van der Waals surface area contributed by atoms with Gasteiger partial charge >= 0.3 is 0 Å². The molecule has 5 heteroatoms. The molecule has 0 radical (unpaired) electrons. The first-order valence-electron chi connectivity index (χ1n) is 5.57. The Labute approximate surface area is 101 Å². The quantitative estimate of drug-likeness (QED) is 0.803. The van der Waals surface area contributed by atoms with Gasteiger partial charge in [-0.3, -0.25) is 0 Å². The molecule has 0 saturated carbocycles. The topological polar surface area (TPSA) is 55.0 Å². The molecule has 16 heavy (non-hydrogen) atoms. The largest absolute Gasteiger partial charge is 0.388 e. The van der Waals surface area contributed by atoms with Crippen molar-refractivity contribution in [1.82, 2.24) is 9.97 Å². The third-order valence-corrected chi connectivity index (χ3v) is 3.29. The van der Waals surface area contributed by atoms with Gasteiger partial charge in [0.05, 0.1) is 12.4 Å². The van der Waals surface area contributed by atoms with Crippen molar-refractivity contribution < 1.29 is 0 Å². The van der Waals surface area contributed by atoms with E-state index in [2.05, 4.69) is 21.8 Å². The molecule has 1 unspecified atom stereocenters. The van der Waals surface area contributed by atoms with E-state index in [1.807, 2.05) is 0 Å². The Hall–Kier alpha value is -1.23. The number of aromatic nitrogens is 2. The van der Waals surface area contributed by atoms with E-state index in [1.54, 1.807) is 12.4 Å². The molecule has 1 saturated heterocycles. The number of rotatable bonds is 3. The second kappa shape index (κ2) is 4.74. The van der Waals surface area contributed by atoms with E-state index in [1.165, 1.54) is 12.8 Å². The second-order valence-electron chi connectivity index (χ2n) is 4.13. The van der Waals surface area contributed by atoms with Crippen molar-refractivity contribution in [1.29, 1.82) is 0 Å². The molecule has 2 rings (SSSR count). The van der Waals surface area contributed by atoms with Crippen LogP contribution < -0.4 is 10.6 Å². The Morgan fingerprint density at radius 1 is 1.56 bits per heavy atom. The van der Waals surface area contributed by atoms with Crippen LogP contribution in [0.4, 0.5) is 5.82 Å². The zero-order chi connectivity index (χ0) is 11.5. The summed E-state index contributed by atoms with van der Waals surface area (Å²) in [5.74, 6) is 1.72. The minimum absolute atomic E-state index is 0.298. The van der Waals surface area contributed by atoms with E-state index >= 15 is 0 Å². The maximum absolute atomic E-state index is 5.48. The standard InChI is InChI=1S/C11H16N4S/c1-2-8-3-4-15(7-8)10-6-13-9(5-14-10)11(12)16/h5-6,8H,2-4,7H2,1H3,(H2,12,16). The Morgan fingerprint density at radius 2 is 2.38 bits per heavy atom. The fourth-order valence-corrected chi connectivity index (χ4v) is 2.09. The molecule has 0 amide bonds. The van der Waals surface area contributed by atoms with Crippen LogP contribution in [-0.2, 0) is 0 Å². The van der Waals surface area contributed by atoms with Crippen LogP contribution in [0.5, 0.6) is 0 Å². The van der Waals surface area contributed by atoms with Gasteiger partial charge in [0.15, 0.2) is 0 Å².